The molecule has 126 valence electrons. The van der Waals surface area contributed by atoms with Crippen LogP contribution in [-0.2, 0) is 20.7 Å². The van der Waals surface area contributed by atoms with Crippen LogP contribution in [-0.4, -0.2) is 51.2 Å². The monoisotopic (exact) mass is 321 g/mol. The Kier molecular flexibility index (Phi) is 5.47. The summed E-state index contributed by atoms with van der Waals surface area (Å²) in [5, 5.41) is 0. The number of amides is 1. The maximum absolute atomic E-state index is 12.5. The molecule has 6 heteroatoms. The van der Waals surface area contributed by atoms with Crippen LogP contribution in [0.2, 0.25) is 0 Å². The smallest absolute Gasteiger partial charge is 0.310 e. The Morgan fingerprint density at radius 2 is 2.13 bits per heavy atom. The highest BCUT2D eigenvalue weighted by Gasteiger charge is 2.29. The molecule has 1 aliphatic rings. The molecule has 0 bridgehead atoms. The molecule has 0 aromatic heterocycles. The molecule has 0 saturated heterocycles. The van der Waals surface area contributed by atoms with Crippen LogP contribution >= 0.6 is 0 Å². The standard InChI is InChI=1S/C17H23NO5/c1-11(17(20)22-4)9-18(2)16(19)13-7-12-5-6-14(21-3)8-15(12)23-10-13/h5-6,8,11,13H,7,9-10H2,1-4H3. The minimum atomic E-state index is -0.352. The zero-order valence-electron chi connectivity index (χ0n) is 14.0. The van der Waals surface area contributed by atoms with Crippen LogP contribution in [0.5, 0.6) is 11.5 Å². The summed E-state index contributed by atoms with van der Waals surface area (Å²) in [6, 6.07) is 5.61. The number of fused-ring (bicyclic) bond motifs is 1. The zero-order valence-corrected chi connectivity index (χ0v) is 14.0. The molecule has 0 spiro atoms. The van der Waals surface area contributed by atoms with Gasteiger partial charge in [0, 0.05) is 19.7 Å². The molecule has 1 aliphatic heterocycles. The summed E-state index contributed by atoms with van der Waals surface area (Å²) >= 11 is 0. The van der Waals surface area contributed by atoms with Crippen molar-refractivity contribution in [2.45, 2.75) is 13.3 Å². The summed E-state index contributed by atoms with van der Waals surface area (Å²) in [5.74, 6) is 0.557. The number of rotatable bonds is 5. The Morgan fingerprint density at radius 1 is 1.39 bits per heavy atom. The van der Waals surface area contributed by atoms with Gasteiger partial charge in [-0.15, -0.1) is 0 Å². The lowest BCUT2D eigenvalue weighted by Gasteiger charge is -2.29. The lowest BCUT2D eigenvalue weighted by atomic mass is 9.95. The summed E-state index contributed by atoms with van der Waals surface area (Å²) in [7, 11) is 4.65. The molecule has 0 saturated carbocycles. The van der Waals surface area contributed by atoms with E-state index >= 15 is 0 Å². The van der Waals surface area contributed by atoms with E-state index in [1.807, 2.05) is 18.2 Å². The Hall–Kier alpha value is -2.24. The van der Waals surface area contributed by atoms with Crippen molar-refractivity contribution in [2.24, 2.45) is 11.8 Å². The predicted molar refractivity (Wildman–Crippen MR) is 84.5 cm³/mol. The number of benzene rings is 1. The third-order valence-electron chi connectivity index (χ3n) is 4.06. The molecule has 6 nitrogen and oxygen atoms in total. The molecule has 23 heavy (non-hydrogen) atoms. The predicted octanol–water partition coefficient (Wildman–Crippen LogP) is 1.51. The van der Waals surface area contributed by atoms with E-state index in [1.165, 1.54) is 7.11 Å². The molecule has 1 heterocycles. The number of hydrogen-bond donors (Lipinski definition) is 0. The minimum Gasteiger partial charge on any atom is -0.497 e. The summed E-state index contributed by atoms with van der Waals surface area (Å²) in [6.45, 7) is 2.40. The van der Waals surface area contributed by atoms with Gasteiger partial charge in [0.05, 0.1) is 26.1 Å². The first-order valence-corrected chi connectivity index (χ1v) is 7.58. The highest BCUT2D eigenvalue weighted by molar-refractivity contribution is 5.80. The first kappa shape index (κ1) is 17.1. The number of hydrogen-bond acceptors (Lipinski definition) is 5. The van der Waals surface area contributed by atoms with Crippen LogP contribution in [0.3, 0.4) is 0 Å². The Bertz CT molecular complexity index is 586. The van der Waals surface area contributed by atoms with Crippen molar-refractivity contribution < 1.29 is 23.8 Å². The minimum absolute atomic E-state index is 0.0257. The van der Waals surface area contributed by atoms with Gasteiger partial charge in [0.15, 0.2) is 0 Å². The molecule has 2 unspecified atom stereocenters. The fourth-order valence-electron chi connectivity index (χ4n) is 2.73. The van der Waals surface area contributed by atoms with Gasteiger partial charge in [-0.05, 0) is 18.1 Å². The number of nitrogens with zero attached hydrogens (tertiary/aromatic N) is 1. The number of methoxy groups -OCH3 is 2. The Balaban J connectivity index is 1.99. The molecule has 0 fully saturated rings. The number of esters is 1. The van der Waals surface area contributed by atoms with E-state index in [0.717, 1.165) is 17.1 Å². The van der Waals surface area contributed by atoms with Gasteiger partial charge in [0.25, 0.3) is 0 Å². The second-order valence-corrected chi connectivity index (χ2v) is 5.83. The van der Waals surface area contributed by atoms with Gasteiger partial charge in [0.1, 0.15) is 18.1 Å². The second-order valence-electron chi connectivity index (χ2n) is 5.83. The van der Waals surface area contributed by atoms with Crippen molar-refractivity contribution >= 4 is 11.9 Å². The molecule has 1 aromatic carbocycles. The van der Waals surface area contributed by atoms with Crippen LogP contribution in [0.4, 0.5) is 0 Å². The van der Waals surface area contributed by atoms with E-state index in [-0.39, 0.29) is 23.7 Å². The average Bonchev–Trinajstić information content (AvgIpc) is 2.59. The molecule has 2 rings (SSSR count). The number of carbonyl (C=O) groups is 2. The van der Waals surface area contributed by atoms with E-state index in [9.17, 15) is 9.59 Å². The Morgan fingerprint density at radius 3 is 2.78 bits per heavy atom. The largest absolute Gasteiger partial charge is 0.497 e. The van der Waals surface area contributed by atoms with Gasteiger partial charge in [-0.2, -0.15) is 0 Å². The van der Waals surface area contributed by atoms with E-state index in [2.05, 4.69) is 0 Å². The van der Waals surface area contributed by atoms with Gasteiger partial charge < -0.3 is 19.1 Å². The lowest BCUT2D eigenvalue weighted by molar-refractivity contribution is -0.146. The molecule has 0 aliphatic carbocycles. The second kappa shape index (κ2) is 7.35. The van der Waals surface area contributed by atoms with Crippen molar-refractivity contribution in [1.29, 1.82) is 0 Å². The zero-order chi connectivity index (χ0) is 17.0. The number of ether oxygens (including phenoxy) is 3. The first-order valence-electron chi connectivity index (χ1n) is 7.58. The normalized spacial score (nSPS) is 17.5. The first-order chi connectivity index (χ1) is 11.0. The van der Waals surface area contributed by atoms with Crippen LogP contribution in [0.15, 0.2) is 18.2 Å². The molecule has 1 amide bonds. The molecule has 1 aromatic rings. The van der Waals surface area contributed by atoms with Gasteiger partial charge in [0.2, 0.25) is 5.91 Å². The quantitative estimate of drug-likeness (QED) is 0.769. The number of carbonyl (C=O) groups excluding carboxylic acids is 2. The molecule has 0 N–H and O–H groups in total. The highest BCUT2D eigenvalue weighted by atomic mass is 16.5. The van der Waals surface area contributed by atoms with E-state index < -0.39 is 0 Å². The fraction of sp³-hybridized carbons (Fsp3) is 0.529. The summed E-state index contributed by atoms with van der Waals surface area (Å²) in [4.78, 5) is 25.6. The van der Waals surface area contributed by atoms with Crippen LogP contribution in [0.25, 0.3) is 0 Å². The van der Waals surface area contributed by atoms with E-state index in [0.29, 0.717) is 19.6 Å². The third-order valence-corrected chi connectivity index (χ3v) is 4.06. The topological polar surface area (TPSA) is 65.1 Å². The van der Waals surface area contributed by atoms with Gasteiger partial charge in [-0.25, -0.2) is 0 Å². The average molecular weight is 321 g/mol. The molecular weight excluding hydrogens is 298 g/mol. The van der Waals surface area contributed by atoms with Crippen molar-refractivity contribution in [1.82, 2.24) is 4.90 Å². The molecule has 2 atom stereocenters. The van der Waals surface area contributed by atoms with Crippen LogP contribution in [0, 0.1) is 11.8 Å². The summed E-state index contributed by atoms with van der Waals surface area (Å²) in [6.07, 6.45) is 0.620. The van der Waals surface area contributed by atoms with Crippen LogP contribution in [0.1, 0.15) is 12.5 Å². The van der Waals surface area contributed by atoms with Gasteiger partial charge >= 0.3 is 5.97 Å². The molecular formula is C17H23NO5. The fourth-order valence-corrected chi connectivity index (χ4v) is 2.73. The molecule has 0 radical (unpaired) electrons. The summed E-state index contributed by atoms with van der Waals surface area (Å²) in [5.41, 5.74) is 0.991. The van der Waals surface area contributed by atoms with Gasteiger partial charge in [-0.3, -0.25) is 9.59 Å². The highest BCUT2D eigenvalue weighted by Crippen LogP contribution is 2.31. The maximum Gasteiger partial charge on any atom is 0.310 e. The maximum atomic E-state index is 12.5. The van der Waals surface area contributed by atoms with E-state index in [4.69, 9.17) is 14.2 Å². The van der Waals surface area contributed by atoms with Gasteiger partial charge in [-0.1, -0.05) is 13.0 Å². The van der Waals surface area contributed by atoms with Crippen molar-refractivity contribution in [3.05, 3.63) is 23.8 Å². The lowest BCUT2D eigenvalue weighted by Crippen LogP contribution is -2.41. The third kappa shape index (κ3) is 3.94. The van der Waals surface area contributed by atoms with Crippen molar-refractivity contribution in [3.63, 3.8) is 0 Å². The SMILES string of the molecule is COC(=O)C(C)CN(C)C(=O)C1COc2cc(OC)ccc2C1. The summed E-state index contributed by atoms with van der Waals surface area (Å²) < 4.78 is 15.6. The Labute approximate surface area is 136 Å². The van der Waals surface area contributed by atoms with Crippen molar-refractivity contribution in [3.8, 4) is 11.5 Å². The van der Waals surface area contributed by atoms with Crippen molar-refractivity contribution in [2.75, 3.05) is 34.4 Å². The van der Waals surface area contributed by atoms with E-state index in [1.54, 1.807) is 26.0 Å². The van der Waals surface area contributed by atoms with Crippen LogP contribution < -0.4 is 9.47 Å².